The predicted molar refractivity (Wildman–Crippen MR) is 571 cm³/mol. The zero-order valence-corrected chi connectivity index (χ0v) is 74.0. The van der Waals surface area contributed by atoms with Gasteiger partial charge < -0.3 is 14.2 Å². The lowest BCUT2D eigenvalue weighted by Gasteiger charge is -2.26. The van der Waals surface area contributed by atoms with E-state index in [0.717, 1.165) is 61.8 Å². The molecule has 27 rings (SSSR count). The van der Waals surface area contributed by atoms with Gasteiger partial charge in [-0.25, -0.2) is 0 Å². The average Bonchev–Trinajstić information content (AvgIpc) is 1.83. The van der Waals surface area contributed by atoms with Crippen molar-refractivity contribution in [1.82, 2.24) is 0 Å². The summed E-state index contributed by atoms with van der Waals surface area (Å²) in [5.41, 5.74) is 25.3. The Bertz CT molecular complexity index is 9070. The van der Waals surface area contributed by atoms with Gasteiger partial charge in [0.1, 0.15) is 11.2 Å². The number of benzene rings is 23. The average molecular weight is 1730 g/mol. The monoisotopic (exact) mass is 1730 g/mol. The van der Waals surface area contributed by atoms with Crippen LogP contribution in [0.25, 0.3) is 225 Å². The number of hydrogen-bond acceptors (Lipinski definition) is 6. The van der Waals surface area contributed by atoms with Crippen molar-refractivity contribution in [2.75, 3.05) is 9.80 Å². The summed E-state index contributed by atoms with van der Waals surface area (Å²) in [6, 6.07) is 173. The molecule has 0 unspecified atom stereocenters. The molecule has 23 aromatic carbocycles. The highest BCUT2D eigenvalue weighted by Crippen LogP contribution is 2.50. The Labute approximate surface area is 774 Å². The van der Waals surface area contributed by atoms with Crippen LogP contribution in [0.1, 0.15) is 0 Å². The van der Waals surface area contributed by atoms with Gasteiger partial charge in [0.15, 0.2) is 0 Å². The molecule has 0 aliphatic carbocycles. The molecule has 0 fully saturated rings. The maximum absolute atomic E-state index is 6.35. The molecule has 4 heterocycles. The normalized spacial score (nSPS) is 11.8. The summed E-state index contributed by atoms with van der Waals surface area (Å²) < 4.78 is 14.3. The van der Waals surface area contributed by atoms with Gasteiger partial charge in [-0.2, -0.15) is 0 Å². The lowest BCUT2D eigenvalue weighted by molar-refractivity contribution is 0.669. The van der Waals surface area contributed by atoms with Crippen molar-refractivity contribution in [1.29, 1.82) is 0 Å². The molecule has 0 bridgehead atoms. The smallest absolute Gasteiger partial charge is 0.136 e. The van der Waals surface area contributed by atoms with Crippen LogP contribution in [0.5, 0.6) is 0 Å². The standard InChI is InChI=1S/C70H43NOS.C56H35NS2/c1-4-17-58-46(10-1)22-23-54-42-57(35-36-59(54)58)71(55-31-24-44(25-32-55)49-13-7-15-51(40-49)52-29-37-65-64(43-52)68-60-18-5-2-11-47(60)28-38-66(68)72-65)56-33-26-45(27-34-56)50-14-8-16-53(41-50)62-20-9-21-63-69-61-19-6-3-12-48(61)30-39-67(69)73-70(62)63;1-2-10-36(11-3-1)37-20-28-42(29-21-37)57(43-30-22-40(23-31-43)47-16-8-18-49-53-45-14-6-4-12-38(45)26-34-51(53)58-55(47)49)44-32-24-41(25-33-44)48-17-9-19-50-54-46-15-7-5-13-39(46)27-35-52(54)59-56(48)50/h1-43H;1-35H. The first kappa shape index (κ1) is 76.9. The van der Waals surface area contributed by atoms with Crippen molar-refractivity contribution in [2.45, 2.75) is 0 Å². The minimum atomic E-state index is 0.904. The van der Waals surface area contributed by atoms with Crippen LogP contribution in [0.2, 0.25) is 0 Å². The number of thiophene rings is 3. The zero-order valence-electron chi connectivity index (χ0n) is 71.6. The second-order valence-corrected chi connectivity index (χ2v) is 37.6. The molecule has 0 atom stereocenters. The van der Waals surface area contributed by atoms with Crippen LogP contribution in [-0.2, 0) is 0 Å². The second-order valence-electron chi connectivity index (χ2n) is 34.4. The zero-order chi connectivity index (χ0) is 86.9. The van der Waals surface area contributed by atoms with Gasteiger partial charge in [0.05, 0.1) is 0 Å². The molecule has 0 amide bonds. The van der Waals surface area contributed by atoms with Crippen LogP contribution in [0.15, 0.2) is 478 Å². The van der Waals surface area contributed by atoms with Crippen LogP contribution in [-0.4, -0.2) is 0 Å². The van der Waals surface area contributed by atoms with Crippen LogP contribution in [0.3, 0.4) is 0 Å². The first-order valence-corrected chi connectivity index (χ1v) is 47.5. The number of anilines is 6. The minimum absolute atomic E-state index is 0.904. The number of fused-ring (bicyclic) bond motifs is 23. The highest BCUT2D eigenvalue weighted by atomic mass is 32.1. The molecular weight excluding hydrogens is 1650 g/mol. The van der Waals surface area contributed by atoms with E-state index in [4.69, 9.17) is 4.42 Å². The fraction of sp³-hybridized carbons (Fsp3) is 0. The van der Waals surface area contributed by atoms with Crippen LogP contribution in [0, 0.1) is 0 Å². The summed E-state index contributed by atoms with van der Waals surface area (Å²) in [5.74, 6) is 0. The molecule has 3 nitrogen and oxygen atoms in total. The molecule has 0 N–H and O–H groups in total. The highest BCUT2D eigenvalue weighted by Gasteiger charge is 2.23. The van der Waals surface area contributed by atoms with Gasteiger partial charge in [0.2, 0.25) is 0 Å². The van der Waals surface area contributed by atoms with Crippen molar-refractivity contribution in [3.05, 3.63) is 473 Å². The van der Waals surface area contributed by atoms with Crippen molar-refractivity contribution >= 4 is 215 Å². The Kier molecular flexibility index (Phi) is 18.6. The van der Waals surface area contributed by atoms with Gasteiger partial charge >= 0.3 is 0 Å². The Balaban J connectivity index is 0.000000142. The van der Waals surface area contributed by atoms with E-state index in [1.54, 1.807) is 0 Å². The van der Waals surface area contributed by atoms with E-state index in [9.17, 15) is 0 Å². The van der Waals surface area contributed by atoms with Crippen LogP contribution < -0.4 is 9.80 Å². The number of hydrogen-bond donors (Lipinski definition) is 0. The molecule has 0 spiro atoms. The maximum Gasteiger partial charge on any atom is 0.136 e. The summed E-state index contributed by atoms with van der Waals surface area (Å²) in [4.78, 5) is 4.76. The van der Waals surface area contributed by atoms with E-state index in [0.29, 0.717) is 0 Å². The predicted octanol–water partition coefficient (Wildman–Crippen LogP) is 37.9. The van der Waals surface area contributed by atoms with Crippen LogP contribution >= 0.6 is 34.0 Å². The number of rotatable bonds is 13. The topological polar surface area (TPSA) is 19.6 Å². The van der Waals surface area contributed by atoms with Gasteiger partial charge in [0.25, 0.3) is 0 Å². The van der Waals surface area contributed by atoms with Crippen LogP contribution in [0.4, 0.5) is 34.1 Å². The molecule has 6 heteroatoms. The fourth-order valence-corrected chi connectivity index (χ4v) is 24.3. The van der Waals surface area contributed by atoms with E-state index in [2.05, 4.69) is 483 Å². The largest absolute Gasteiger partial charge is 0.456 e. The van der Waals surface area contributed by atoms with Gasteiger partial charge in [-0.3, -0.25) is 0 Å². The summed E-state index contributed by atoms with van der Waals surface area (Å²) in [6.45, 7) is 0. The molecule has 0 aliphatic heterocycles. The molecule has 0 aliphatic rings. The lowest BCUT2D eigenvalue weighted by Crippen LogP contribution is -2.09. The van der Waals surface area contributed by atoms with Crippen molar-refractivity contribution < 1.29 is 4.42 Å². The summed E-state index contributed by atoms with van der Waals surface area (Å²) >= 11 is 5.68. The lowest BCUT2D eigenvalue weighted by atomic mass is 9.96. The van der Waals surface area contributed by atoms with Gasteiger partial charge in [-0.1, -0.05) is 352 Å². The van der Waals surface area contributed by atoms with E-state index >= 15 is 0 Å². The van der Waals surface area contributed by atoms with E-state index in [-0.39, 0.29) is 0 Å². The molecule has 0 saturated carbocycles. The summed E-state index contributed by atoms with van der Waals surface area (Å²) in [7, 11) is 0. The van der Waals surface area contributed by atoms with Gasteiger partial charge in [0, 0.05) is 105 Å². The van der Waals surface area contributed by atoms with E-state index in [1.165, 1.54) is 197 Å². The molecule has 0 radical (unpaired) electrons. The van der Waals surface area contributed by atoms with Crippen molar-refractivity contribution in [2.24, 2.45) is 0 Å². The second kappa shape index (κ2) is 31.9. The van der Waals surface area contributed by atoms with E-state index < -0.39 is 0 Å². The molecule has 132 heavy (non-hydrogen) atoms. The molecule has 616 valence electrons. The van der Waals surface area contributed by atoms with Crippen molar-refractivity contribution in [3.8, 4) is 77.9 Å². The third-order valence-electron chi connectivity index (χ3n) is 26.9. The molecule has 0 saturated heterocycles. The minimum Gasteiger partial charge on any atom is -0.456 e. The molecular formula is C126H78N2OS3. The Morgan fingerprint density at radius 3 is 0.909 bits per heavy atom. The summed E-state index contributed by atoms with van der Waals surface area (Å²) in [6.07, 6.45) is 0. The van der Waals surface area contributed by atoms with E-state index in [1.807, 2.05) is 34.0 Å². The SMILES string of the molecule is c1cc(-c2ccc(N(c3ccc(-c4cccc(-c5cccc6c5sc5ccc7ccccc7c56)c4)cc3)c3ccc4c(ccc5ccccc54)c3)cc2)cc(-c2ccc3oc4ccc5ccccc5c4c3c2)c1.c1ccc(-c2ccc(N(c3ccc(-c4cccc5c4sc4ccc6ccccc6c45)cc3)c3ccc(-c4cccc5c4sc4ccc6ccccc6c45)cc3)cc2)cc1. The number of furan rings is 1. The highest BCUT2D eigenvalue weighted by molar-refractivity contribution is 7.27. The summed E-state index contributed by atoms with van der Waals surface area (Å²) in [5, 5.41) is 25.5. The first-order chi connectivity index (χ1) is 65.4. The first-order valence-electron chi connectivity index (χ1n) is 45.0. The van der Waals surface area contributed by atoms with Gasteiger partial charge in [-0.15, -0.1) is 34.0 Å². The third kappa shape index (κ3) is 13.3. The Morgan fingerprint density at radius 1 is 0.152 bits per heavy atom. The maximum atomic E-state index is 6.35. The Hall–Kier alpha value is -16.3. The molecule has 4 aromatic heterocycles. The number of nitrogens with zero attached hydrogens (tertiary/aromatic N) is 2. The van der Waals surface area contributed by atoms with Crippen molar-refractivity contribution in [3.63, 3.8) is 0 Å². The fourth-order valence-electron chi connectivity index (χ4n) is 20.5. The van der Waals surface area contributed by atoms with Gasteiger partial charge in [-0.05, 0) is 264 Å². The Morgan fingerprint density at radius 2 is 0.439 bits per heavy atom. The third-order valence-corrected chi connectivity index (χ3v) is 30.5. The molecule has 27 aromatic rings. The quantitative estimate of drug-likeness (QED) is 0.107.